The molecule has 0 aromatic heterocycles. The van der Waals surface area contributed by atoms with Crippen molar-refractivity contribution in [1.29, 1.82) is 0 Å². The van der Waals surface area contributed by atoms with Gasteiger partial charge >= 0.3 is 12.3 Å². The van der Waals surface area contributed by atoms with Crippen LogP contribution in [0.5, 0.6) is 0 Å². The highest BCUT2D eigenvalue weighted by molar-refractivity contribution is 9.18. The molecule has 0 saturated heterocycles. The quantitative estimate of drug-likeness (QED) is 0.268. The smallest absolute Gasteiger partial charge is 0.418 e. The van der Waals surface area contributed by atoms with Gasteiger partial charge in [0.2, 0.25) is 0 Å². The lowest BCUT2D eigenvalue weighted by Gasteiger charge is -2.25. The standard InChI is InChI=1S/C30H25BrClF3N4O4/c31-26-16-20(43-38-26)9-6-14-39-25-11-5-4-10-21(25)27(18-7-2-1-3-8-18)36-24(28(39)40)17-42-29(41)37-23-13-12-19(32)15-22(23)30(33,34)35/h1-5,7-8,10-13,15,20,24H,6,9,14,16-17H2,(H,37,41)/t20-,24-/m1/s1. The fourth-order valence-electron chi connectivity index (χ4n) is 4.84. The fourth-order valence-corrected chi connectivity index (χ4v) is 5.46. The maximum absolute atomic E-state index is 13.9. The van der Waals surface area contributed by atoms with Crippen molar-refractivity contribution in [3.8, 4) is 0 Å². The number of nitrogens with one attached hydrogen (secondary N) is 1. The molecule has 0 saturated carbocycles. The Morgan fingerprint density at radius 2 is 1.86 bits per heavy atom. The van der Waals surface area contributed by atoms with Gasteiger partial charge in [-0.3, -0.25) is 15.1 Å². The van der Waals surface area contributed by atoms with E-state index in [9.17, 15) is 22.8 Å². The van der Waals surface area contributed by atoms with E-state index in [1.807, 2.05) is 54.6 Å². The molecule has 2 amide bonds. The van der Waals surface area contributed by atoms with Crippen molar-refractivity contribution in [2.45, 2.75) is 37.6 Å². The van der Waals surface area contributed by atoms with E-state index < -0.39 is 42.1 Å². The summed E-state index contributed by atoms with van der Waals surface area (Å²) in [5.41, 5.74) is 0.973. The van der Waals surface area contributed by atoms with Crippen molar-refractivity contribution in [3.63, 3.8) is 0 Å². The Morgan fingerprint density at radius 3 is 2.58 bits per heavy atom. The van der Waals surface area contributed by atoms with Gasteiger partial charge in [0.25, 0.3) is 5.91 Å². The number of hydrogen-bond donors (Lipinski definition) is 1. The van der Waals surface area contributed by atoms with Gasteiger partial charge in [-0.2, -0.15) is 13.2 Å². The average Bonchev–Trinajstić information content (AvgIpc) is 3.36. The molecule has 224 valence electrons. The summed E-state index contributed by atoms with van der Waals surface area (Å²) in [5, 5.41) is 5.88. The Bertz CT molecular complexity index is 1570. The number of anilines is 2. The molecule has 2 aliphatic rings. The Hall–Kier alpha value is -3.90. The largest absolute Gasteiger partial charge is 0.446 e. The van der Waals surface area contributed by atoms with Crippen LogP contribution < -0.4 is 10.2 Å². The Morgan fingerprint density at radius 1 is 1.12 bits per heavy atom. The van der Waals surface area contributed by atoms with Crippen LogP contribution in [0.1, 0.15) is 36.0 Å². The van der Waals surface area contributed by atoms with Gasteiger partial charge in [0.05, 0.1) is 22.6 Å². The van der Waals surface area contributed by atoms with Gasteiger partial charge in [-0.25, -0.2) is 4.79 Å². The van der Waals surface area contributed by atoms with Crippen molar-refractivity contribution in [1.82, 2.24) is 0 Å². The average molecular weight is 678 g/mol. The number of halogens is 5. The first-order valence-corrected chi connectivity index (χ1v) is 14.5. The Labute approximate surface area is 258 Å². The molecule has 3 aromatic rings. The molecule has 0 fully saturated rings. The second-order valence-corrected chi connectivity index (χ2v) is 11.2. The molecule has 13 heteroatoms. The van der Waals surface area contributed by atoms with Crippen LogP contribution in [0.25, 0.3) is 0 Å². The number of carbonyl (C=O) groups excluding carboxylic acids is 2. The Kier molecular flexibility index (Phi) is 9.36. The number of ether oxygens (including phenoxy) is 1. The van der Waals surface area contributed by atoms with Crippen molar-refractivity contribution >= 4 is 61.2 Å². The van der Waals surface area contributed by atoms with Crippen LogP contribution in [0.4, 0.5) is 29.3 Å². The van der Waals surface area contributed by atoms with Crippen LogP contribution >= 0.6 is 27.5 Å². The van der Waals surface area contributed by atoms with Gasteiger partial charge in [-0.05, 0) is 53.0 Å². The highest BCUT2D eigenvalue weighted by atomic mass is 79.9. The van der Waals surface area contributed by atoms with E-state index in [0.29, 0.717) is 48.8 Å². The molecule has 1 N–H and O–H groups in total. The third-order valence-electron chi connectivity index (χ3n) is 6.83. The third-order valence-corrected chi connectivity index (χ3v) is 7.54. The summed E-state index contributed by atoms with van der Waals surface area (Å²) in [4.78, 5) is 38.3. The number of aliphatic imine (C=N–C) groups is 1. The van der Waals surface area contributed by atoms with E-state index in [1.54, 1.807) is 4.90 Å². The molecule has 43 heavy (non-hydrogen) atoms. The number of fused-ring (bicyclic) bond motifs is 1. The summed E-state index contributed by atoms with van der Waals surface area (Å²) in [5.74, 6) is -0.418. The lowest BCUT2D eigenvalue weighted by atomic mass is 10.00. The number of amides is 2. The maximum atomic E-state index is 13.9. The molecule has 0 radical (unpaired) electrons. The van der Waals surface area contributed by atoms with E-state index in [-0.39, 0.29) is 11.1 Å². The third kappa shape index (κ3) is 7.37. The second-order valence-electron chi connectivity index (χ2n) is 9.82. The highest BCUT2D eigenvalue weighted by Crippen LogP contribution is 2.36. The monoisotopic (exact) mass is 676 g/mol. The molecule has 2 heterocycles. The number of para-hydroxylation sites is 1. The number of hydrogen-bond acceptors (Lipinski definition) is 6. The molecule has 0 aliphatic carbocycles. The fraction of sp³-hybridized carbons (Fsp3) is 0.267. The van der Waals surface area contributed by atoms with Crippen LogP contribution in [0.3, 0.4) is 0 Å². The summed E-state index contributed by atoms with van der Waals surface area (Å²) >= 11 is 9.06. The van der Waals surface area contributed by atoms with Gasteiger partial charge in [0.15, 0.2) is 6.04 Å². The minimum atomic E-state index is -4.77. The first-order chi connectivity index (χ1) is 20.6. The lowest BCUT2D eigenvalue weighted by Crippen LogP contribution is -2.41. The summed E-state index contributed by atoms with van der Waals surface area (Å²) in [6.07, 6.45) is -4.18. The molecule has 0 spiro atoms. The number of rotatable bonds is 8. The number of carbonyl (C=O) groups is 2. The van der Waals surface area contributed by atoms with E-state index >= 15 is 0 Å². The summed E-state index contributed by atoms with van der Waals surface area (Å²) < 4.78 is 46.6. The van der Waals surface area contributed by atoms with Crippen molar-refractivity contribution in [2.75, 3.05) is 23.4 Å². The van der Waals surface area contributed by atoms with Gasteiger partial charge in [-0.15, -0.1) is 0 Å². The predicted octanol–water partition coefficient (Wildman–Crippen LogP) is 7.44. The molecule has 2 aliphatic heterocycles. The summed E-state index contributed by atoms with van der Waals surface area (Å²) in [6.45, 7) is -0.180. The molecule has 2 atom stereocenters. The van der Waals surface area contributed by atoms with Crippen LogP contribution in [-0.2, 0) is 20.5 Å². The second kappa shape index (κ2) is 13.2. The minimum absolute atomic E-state index is 0.111. The number of benzodiazepines with no additional fused rings is 1. The van der Waals surface area contributed by atoms with Crippen molar-refractivity contribution < 1.29 is 32.3 Å². The predicted molar refractivity (Wildman–Crippen MR) is 161 cm³/mol. The molecule has 0 unspecified atom stereocenters. The normalized spacial score (nSPS) is 18.3. The molecule has 8 nitrogen and oxygen atoms in total. The number of oxime groups is 1. The molecule has 0 bridgehead atoms. The first-order valence-electron chi connectivity index (χ1n) is 13.3. The highest BCUT2D eigenvalue weighted by Gasteiger charge is 2.36. The first kappa shape index (κ1) is 30.6. The van der Waals surface area contributed by atoms with Crippen LogP contribution in [-0.4, -0.2) is 47.6 Å². The Balaban J connectivity index is 1.39. The zero-order valence-corrected chi connectivity index (χ0v) is 24.8. The molecular weight excluding hydrogens is 653 g/mol. The maximum Gasteiger partial charge on any atom is 0.418 e. The summed E-state index contributed by atoms with van der Waals surface area (Å²) in [6, 6.07) is 18.4. The number of alkyl halides is 3. The van der Waals surface area contributed by atoms with Gasteiger partial charge in [0, 0.05) is 29.1 Å². The SMILES string of the molecule is O=C(Nc1ccc(Cl)cc1C(F)(F)F)OC[C@H]1N=C(c2ccccc2)c2ccccc2N(CCC[C@@H]2CC(Br)=NO2)C1=O. The van der Waals surface area contributed by atoms with Crippen LogP contribution in [0.15, 0.2) is 82.9 Å². The minimum Gasteiger partial charge on any atom is -0.446 e. The van der Waals surface area contributed by atoms with Crippen molar-refractivity contribution in [2.24, 2.45) is 10.1 Å². The van der Waals surface area contributed by atoms with E-state index in [4.69, 9.17) is 26.2 Å². The van der Waals surface area contributed by atoms with E-state index in [1.165, 1.54) is 6.07 Å². The molecule has 5 rings (SSSR count). The lowest BCUT2D eigenvalue weighted by molar-refractivity contribution is -0.136. The zero-order valence-electron chi connectivity index (χ0n) is 22.5. The van der Waals surface area contributed by atoms with Crippen molar-refractivity contribution in [3.05, 3.63) is 94.5 Å². The van der Waals surface area contributed by atoms with Gasteiger partial charge in [-0.1, -0.05) is 65.3 Å². The topological polar surface area (TPSA) is 92.6 Å². The van der Waals surface area contributed by atoms with Gasteiger partial charge in [0.1, 0.15) is 17.3 Å². The molecular formula is C30H25BrClF3N4O4. The van der Waals surface area contributed by atoms with Gasteiger partial charge < -0.3 is 14.5 Å². The zero-order chi connectivity index (χ0) is 30.6. The van der Waals surface area contributed by atoms with E-state index in [0.717, 1.165) is 16.3 Å². The summed E-state index contributed by atoms with van der Waals surface area (Å²) in [7, 11) is 0. The number of nitrogens with zero attached hydrogens (tertiary/aromatic N) is 3. The van der Waals surface area contributed by atoms with Crippen LogP contribution in [0.2, 0.25) is 5.02 Å². The number of benzene rings is 3. The molecule has 3 aromatic carbocycles. The van der Waals surface area contributed by atoms with E-state index in [2.05, 4.69) is 26.4 Å². The van der Waals surface area contributed by atoms with Crippen LogP contribution in [0, 0.1) is 0 Å².